The highest BCUT2D eigenvalue weighted by atomic mass is 16.1. The molecule has 0 fully saturated rings. The maximum Gasteiger partial charge on any atom is 0.253 e. The first kappa shape index (κ1) is 15.6. The van der Waals surface area contributed by atoms with E-state index < -0.39 is 0 Å². The second kappa shape index (κ2) is 7.82. The maximum absolute atomic E-state index is 12.2. The lowest BCUT2D eigenvalue weighted by Gasteiger charge is -2.08. The molecular weight excluding hydrogens is 302 g/mol. The fraction of sp³-hybridized carbons (Fsp3) is 0.111. The summed E-state index contributed by atoms with van der Waals surface area (Å²) in [5, 5.41) is 6.09. The molecule has 0 aliphatic rings. The molecule has 0 aliphatic heterocycles. The van der Waals surface area contributed by atoms with Crippen LogP contribution in [0.15, 0.2) is 67.4 Å². The highest BCUT2D eigenvalue weighted by Crippen LogP contribution is 2.10. The molecule has 2 N–H and O–H groups in total. The summed E-state index contributed by atoms with van der Waals surface area (Å²) in [5.74, 6) is -0.166. The van der Waals surface area contributed by atoms with Crippen molar-refractivity contribution in [1.29, 1.82) is 0 Å². The summed E-state index contributed by atoms with van der Waals surface area (Å²) in [6, 6.07) is 11.3. The number of nitrogens with one attached hydrogen (secondary N) is 2. The molecule has 3 heterocycles. The number of rotatable bonds is 6. The summed E-state index contributed by atoms with van der Waals surface area (Å²) < 4.78 is 0. The van der Waals surface area contributed by atoms with Crippen molar-refractivity contribution in [3.05, 3.63) is 84.2 Å². The van der Waals surface area contributed by atoms with Gasteiger partial charge in [-0.2, -0.15) is 0 Å². The van der Waals surface area contributed by atoms with Crippen LogP contribution in [0, 0.1) is 0 Å². The fourth-order valence-electron chi connectivity index (χ4n) is 2.14. The van der Waals surface area contributed by atoms with Gasteiger partial charge in [-0.05, 0) is 35.9 Å². The fourth-order valence-corrected chi connectivity index (χ4v) is 2.14. The molecule has 3 rings (SSSR count). The van der Waals surface area contributed by atoms with Gasteiger partial charge >= 0.3 is 0 Å². The lowest BCUT2D eigenvalue weighted by Crippen LogP contribution is -2.23. The molecule has 6 heteroatoms. The molecule has 0 saturated heterocycles. The topological polar surface area (TPSA) is 79.8 Å². The van der Waals surface area contributed by atoms with Gasteiger partial charge < -0.3 is 10.6 Å². The molecule has 0 unspecified atom stereocenters. The predicted octanol–water partition coefficient (Wildman–Crippen LogP) is 2.41. The third-order valence-corrected chi connectivity index (χ3v) is 3.40. The van der Waals surface area contributed by atoms with Crippen molar-refractivity contribution >= 4 is 11.6 Å². The molecule has 0 aromatic carbocycles. The Balaban J connectivity index is 1.59. The number of aromatic nitrogens is 3. The van der Waals surface area contributed by atoms with E-state index >= 15 is 0 Å². The van der Waals surface area contributed by atoms with E-state index in [4.69, 9.17) is 0 Å². The summed E-state index contributed by atoms with van der Waals surface area (Å²) in [6.45, 7) is 1.03. The van der Waals surface area contributed by atoms with Crippen LogP contribution in [-0.4, -0.2) is 20.9 Å². The molecule has 3 aromatic rings. The van der Waals surface area contributed by atoms with Crippen LogP contribution in [0.4, 0.5) is 5.69 Å². The van der Waals surface area contributed by atoms with Crippen LogP contribution in [0.3, 0.4) is 0 Å². The maximum atomic E-state index is 12.2. The number of hydrogen-bond acceptors (Lipinski definition) is 5. The quantitative estimate of drug-likeness (QED) is 0.729. The molecule has 0 spiro atoms. The van der Waals surface area contributed by atoms with Gasteiger partial charge in [-0.1, -0.05) is 6.07 Å². The van der Waals surface area contributed by atoms with Crippen LogP contribution in [0.1, 0.15) is 21.6 Å². The molecular formula is C18H17N5O. The van der Waals surface area contributed by atoms with E-state index in [2.05, 4.69) is 25.6 Å². The van der Waals surface area contributed by atoms with Crippen molar-refractivity contribution in [2.75, 3.05) is 5.32 Å². The summed E-state index contributed by atoms with van der Waals surface area (Å²) in [7, 11) is 0. The van der Waals surface area contributed by atoms with E-state index in [0.717, 1.165) is 16.9 Å². The van der Waals surface area contributed by atoms with Gasteiger partial charge in [0, 0.05) is 37.5 Å². The van der Waals surface area contributed by atoms with Crippen molar-refractivity contribution < 1.29 is 4.79 Å². The zero-order chi connectivity index (χ0) is 16.6. The summed E-state index contributed by atoms with van der Waals surface area (Å²) in [4.78, 5) is 24.6. The molecule has 3 aromatic heterocycles. The first-order valence-corrected chi connectivity index (χ1v) is 7.57. The molecule has 120 valence electrons. The van der Waals surface area contributed by atoms with Crippen molar-refractivity contribution in [2.24, 2.45) is 0 Å². The standard InChI is InChI=1S/C18H17N5O/c24-18(23-10-14-4-7-19-8-5-14)15-9-17(12-20-11-15)22-13-16-3-1-2-6-21-16/h1-9,11-12,22H,10,13H2,(H,23,24). The van der Waals surface area contributed by atoms with Crippen LogP contribution < -0.4 is 10.6 Å². The normalized spacial score (nSPS) is 10.2. The summed E-state index contributed by atoms with van der Waals surface area (Å²) >= 11 is 0. The first-order chi connectivity index (χ1) is 11.8. The largest absolute Gasteiger partial charge is 0.378 e. The number of carbonyl (C=O) groups excluding carboxylic acids is 1. The number of carbonyl (C=O) groups is 1. The Kier molecular flexibility index (Phi) is 5.09. The van der Waals surface area contributed by atoms with E-state index in [1.54, 1.807) is 37.1 Å². The third-order valence-electron chi connectivity index (χ3n) is 3.40. The van der Waals surface area contributed by atoms with Crippen LogP contribution in [0.2, 0.25) is 0 Å². The molecule has 6 nitrogen and oxygen atoms in total. The van der Waals surface area contributed by atoms with Gasteiger partial charge in [-0.3, -0.25) is 19.7 Å². The van der Waals surface area contributed by atoms with Crippen molar-refractivity contribution in [1.82, 2.24) is 20.3 Å². The molecule has 0 saturated carbocycles. The highest BCUT2D eigenvalue weighted by molar-refractivity contribution is 5.94. The first-order valence-electron chi connectivity index (χ1n) is 7.57. The predicted molar refractivity (Wildman–Crippen MR) is 91.2 cm³/mol. The number of anilines is 1. The minimum atomic E-state index is -0.166. The highest BCUT2D eigenvalue weighted by Gasteiger charge is 2.07. The van der Waals surface area contributed by atoms with E-state index in [0.29, 0.717) is 18.7 Å². The molecule has 0 radical (unpaired) electrons. The zero-order valence-corrected chi connectivity index (χ0v) is 13.0. The SMILES string of the molecule is O=C(NCc1ccncc1)c1cncc(NCc2ccccn2)c1. The van der Waals surface area contributed by atoms with Gasteiger partial charge in [0.1, 0.15) is 0 Å². The van der Waals surface area contributed by atoms with Gasteiger partial charge in [-0.25, -0.2) is 0 Å². The van der Waals surface area contributed by atoms with Gasteiger partial charge in [0.15, 0.2) is 0 Å². The molecule has 24 heavy (non-hydrogen) atoms. The van der Waals surface area contributed by atoms with Gasteiger partial charge in [-0.15, -0.1) is 0 Å². The Morgan fingerprint density at radius 2 is 1.83 bits per heavy atom. The lowest BCUT2D eigenvalue weighted by molar-refractivity contribution is 0.0950. The molecule has 0 bridgehead atoms. The average molecular weight is 319 g/mol. The average Bonchev–Trinajstić information content (AvgIpc) is 2.66. The second-order valence-electron chi connectivity index (χ2n) is 5.18. The van der Waals surface area contributed by atoms with E-state index in [1.807, 2.05) is 30.3 Å². The summed E-state index contributed by atoms with van der Waals surface area (Å²) in [6.07, 6.45) is 8.38. The van der Waals surface area contributed by atoms with E-state index in [9.17, 15) is 4.79 Å². The molecule has 0 atom stereocenters. The lowest BCUT2D eigenvalue weighted by atomic mass is 10.2. The Morgan fingerprint density at radius 3 is 2.62 bits per heavy atom. The molecule has 1 amide bonds. The zero-order valence-electron chi connectivity index (χ0n) is 13.0. The number of nitrogens with zero attached hydrogens (tertiary/aromatic N) is 3. The minimum Gasteiger partial charge on any atom is -0.378 e. The van der Waals surface area contributed by atoms with Crippen LogP contribution in [-0.2, 0) is 13.1 Å². The Morgan fingerprint density at radius 1 is 0.958 bits per heavy atom. The van der Waals surface area contributed by atoms with E-state index in [-0.39, 0.29) is 5.91 Å². The summed E-state index contributed by atoms with van der Waals surface area (Å²) in [5.41, 5.74) is 3.20. The Bertz CT molecular complexity index is 793. The Hall–Kier alpha value is -3.28. The van der Waals surface area contributed by atoms with Crippen LogP contribution in [0.25, 0.3) is 0 Å². The van der Waals surface area contributed by atoms with Gasteiger partial charge in [0.25, 0.3) is 5.91 Å². The monoisotopic (exact) mass is 319 g/mol. The van der Waals surface area contributed by atoms with Crippen LogP contribution >= 0.6 is 0 Å². The van der Waals surface area contributed by atoms with Crippen LogP contribution in [0.5, 0.6) is 0 Å². The Labute approximate surface area is 140 Å². The smallest absolute Gasteiger partial charge is 0.253 e. The van der Waals surface area contributed by atoms with Crippen molar-refractivity contribution in [3.8, 4) is 0 Å². The van der Waals surface area contributed by atoms with Gasteiger partial charge in [0.05, 0.1) is 23.5 Å². The molecule has 0 aliphatic carbocycles. The number of hydrogen-bond donors (Lipinski definition) is 2. The van der Waals surface area contributed by atoms with Crippen molar-refractivity contribution in [2.45, 2.75) is 13.1 Å². The minimum absolute atomic E-state index is 0.166. The number of amides is 1. The van der Waals surface area contributed by atoms with Crippen molar-refractivity contribution in [3.63, 3.8) is 0 Å². The van der Waals surface area contributed by atoms with Gasteiger partial charge in [0.2, 0.25) is 0 Å². The van der Waals surface area contributed by atoms with E-state index in [1.165, 1.54) is 0 Å². The number of pyridine rings is 3. The second-order valence-corrected chi connectivity index (χ2v) is 5.18. The third kappa shape index (κ3) is 4.36.